The molecule has 0 atom stereocenters. The van der Waals surface area contributed by atoms with Crippen molar-refractivity contribution in [2.45, 2.75) is 32.4 Å². The fourth-order valence-electron chi connectivity index (χ4n) is 2.35. The molecule has 126 valence electrons. The predicted octanol–water partition coefficient (Wildman–Crippen LogP) is 1.76. The zero-order valence-corrected chi connectivity index (χ0v) is 13.9. The molecule has 0 aliphatic carbocycles. The number of hydrogen-bond acceptors (Lipinski definition) is 4. The summed E-state index contributed by atoms with van der Waals surface area (Å²) in [5.41, 5.74) is 6.85. The van der Waals surface area contributed by atoms with Gasteiger partial charge in [0.1, 0.15) is 5.15 Å². The van der Waals surface area contributed by atoms with Crippen LogP contribution in [0.2, 0.25) is 5.15 Å². The summed E-state index contributed by atoms with van der Waals surface area (Å²) >= 11 is 5.74. The summed E-state index contributed by atoms with van der Waals surface area (Å²) in [4.78, 5) is 21.6. The number of hydrogen-bond donors (Lipinski definition) is 2. The lowest BCUT2D eigenvalue weighted by Gasteiger charge is -2.31. The second-order valence-electron chi connectivity index (χ2n) is 5.30. The highest BCUT2D eigenvalue weighted by molar-refractivity contribution is 6.29. The van der Waals surface area contributed by atoms with Crippen molar-refractivity contribution in [1.29, 1.82) is 0 Å². The molecule has 1 aliphatic heterocycles. The lowest BCUT2D eigenvalue weighted by molar-refractivity contribution is 0.0963. The monoisotopic (exact) mass is 339 g/mol. The molecule has 3 N–H and O–H groups in total. The molecule has 0 aromatic carbocycles. The van der Waals surface area contributed by atoms with Crippen LogP contribution in [0.5, 0.6) is 0 Å². The topological polar surface area (TPSA) is 92.8 Å². The molecule has 0 radical (unpaired) electrons. The first-order chi connectivity index (χ1) is 11.1. The van der Waals surface area contributed by atoms with Gasteiger partial charge in [-0.2, -0.15) is 0 Å². The summed E-state index contributed by atoms with van der Waals surface area (Å²) in [5.74, 6) is 0.398. The molecule has 8 heteroatoms. The van der Waals surface area contributed by atoms with E-state index in [0.717, 1.165) is 18.4 Å². The van der Waals surface area contributed by atoms with Crippen molar-refractivity contribution in [2.75, 3.05) is 19.7 Å². The summed E-state index contributed by atoms with van der Waals surface area (Å²) < 4.78 is 5.00. The van der Waals surface area contributed by atoms with E-state index in [0.29, 0.717) is 37.4 Å². The van der Waals surface area contributed by atoms with Gasteiger partial charge in [-0.15, -0.1) is 0 Å². The number of piperidine rings is 1. The average Bonchev–Trinajstić information content (AvgIpc) is 2.55. The molecule has 0 saturated carbocycles. The molecule has 1 aromatic heterocycles. The van der Waals surface area contributed by atoms with E-state index in [2.05, 4.69) is 15.3 Å². The van der Waals surface area contributed by atoms with Crippen LogP contribution in [0.1, 0.15) is 25.3 Å². The molecule has 2 rings (SSSR count). The molecule has 0 spiro atoms. The number of amides is 1. The molecular formula is C15H22ClN5O2. The van der Waals surface area contributed by atoms with Gasteiger partial charge < -0.3 is 20.7 Å². The molecule has 23 heavy (non-hydrogen) atoms. The van der Waals surface area contributed by atoms with Crippen molar-refractivity contribution < 1.29 is 9.53 Å². The van der Waals surface area contributed by atoms with E-state index < -0.39 is 0 Å². The number of aliphatic imine (C=N–C) groups is 1. The van der Waals surface area contributed by atoms with Gasteiger partial charge in [-0.05, 0) is 31.4 Å². The lowest BCUT2D eigenvalue weighted by Crippen LogP contribution is -2.48. The van der Waals surface area contributed by atoms with Crippen LogP contribution in [0.4, 0.5) is 4.79 Å². The van der Waals surface area contributed by atoms with Crippen LogP contribution >= 0.6 is 11.6 Å². The number of rotatable bonds is 4. The first kappa shape index (κ1) is 17.3. The number of pyridine rings is 1. The van der Waals surface area contributed by atoms with E-state index >= 15 is 0 Å². The second-order valence-corrected chi connectivity index (χ2v) is 5.68. The number of carbonyl (C=O) groups is 1. The summed E-state index contributed by atoms with van der Waals surface area (Å²) in [6.07, 6.45) is 3.06. The third kappa shape index (κ3) is 5.59. The van der Waals surface area contributed by atoms with Gasteiger partial charge in [0.05, 0.1) is 13.2 Å². The highest BCUT2D eigenvalue weighted by Gasteiger charge is 2.23. The minimum atomic E-state index is -0.247. The Kier molecular flexibility index (Phi) is 6.46. The normalized spacial score (nSPS) is 16.3. The standard InChI is InChI=1S/C15H22ClN5O2/c1-2-23-15(22)21-7-5-12(6-8-21)20-14(17)19-10-11-3-4-13(16)18-9-11/h3-4,9,12H,2,5-8,10H2,1H3,(H3,17,19,20). The number of nitrogens with zero attached hydrogens (tertiary/aromatic N) is 3. The molecule has 7 nitrogen and oxygen atoms in total. The Labute approximate surface area is 140 Å². The molecule has 1 aromatic rings. The van der Waals surface area contributed by atoms with Crippen LogP contribution in [-0.2, 0) is 11.3 Å². The number of likely N-dealkylation sites (tertiary alicyclic amines) is 1. The highest BCUT2D eigenvalue weighted by Crippen LogP contribution is 2.11. The van der Waals surface area contributed by atoms with Crippen LogP contribution in [0.15, 0.2) is 23.3 Å². The van der Waals surface area contributed by atoms with Gasteiger partial charge in [0, 0.05) is 25.3 Å². The molecule has 1 amide bonds. The third-order valence-corrected chi connectivity index (χ3v) is 3.82. The van der Waals surface area contributed by atoms with Crippen molar-refractivity contribution in [1.82, 2.24) is 15.2 Å². The van der Waals surface area contributed by atoms with E-state index in [-0.39, 0.29) is 12.1 Å². The molecular weight excluding hydrogens is 318 g/mol. The zero-order valence-electron chi connectivity index (χ0n) is 13.2. The maximum absolute atomic E-state index is 11.6. The van der Waals surface area contributed by atoms with Gasteiger partial charge in [0.2, 0.25) is 0 Å². The van der Waals surface area contributed by atoms with E-state index in [1.165, 1.54) is 0 Å². The Morgan fingerprint density at radius 3 is 2.87 bits per heavy atom. The second kappa shape index (κ2) is 8.57. The van der Waals surface area contributed by atoms with Crippen LogP contribution in [0.25, 0.3) is 0 Å². The molecule has 1 fully saturated rings. The van der Waals surface area contributed by atoms with Gasteiger partial charge in [-0.3, -0.25) is 0 Å². The third-order valence-electron chi connectivity index (χ3n) is 3.59. The number of nitrogens with two attached hydrogens (primary N) is 1. The smallest absolute Gasteiger partial charge is 0.409 e. The van der Waals surface area contributed by atoms with E-state index in [4.69, 9.17) is 22.1 Å². The molecule has 2 heterocycles. The molecule has 1 saturated heterocycles. The first-order valence-electron chi connectivity index (χ1n) is 7.67. The number of halogens is 1. The van der Waals surface area contributed by atoms with Gasteiger partial charge in [-0.1, -0.05) is 17.7 Å². The van der Waals surface area contributed by atoms with Crippen molar-refractivity contribution >= 4 is 23.7 Å². The van der Waals surface area contributed by atoms with Crippen LogP contribution < -0.4 is 11.1 Å². The number of nitrogens with one attached hydrogen (secondary N) is 1. The van der Waals surface area contributed by atoms with Crippen molar-refractivity contribution in [3.8, 4) is 0 Å². The Morgan fingerprint density at radius 1 is 1.52 bits per heavy atom. The minimum absolute atomic E-state index is 0.216. The fourth-order valence-corrected chi connectivity index (χ4v) is 2.46. The Balaban J connectivity index is 1.75. The number of aromatic nitrogens is 1. The van der Waals surface area contributed by atoms with Crippen molar-refractivity contribution in [2.24, 2.45) is 10.7 Å². The lowest BCUT2D eigenvalue weighted by atomic mass is 10.1. The quantitative estimate of drug-likeness (QED) is 0.495. The van der Waals surface area contributed by atoms with Gasteiger partial charge in [0.15, 0.2) is 5.96 Å². The van der Waals surface area contributed by atoms with E-state index in [1.807, 2.05) is 6.07 Å². The summed E-state index contributed by atoms with van der Waals surface area (Å²) in [5, 5.41) is 3.65. The first-order valence-corrected chi connectivity index (χ1v) is 8.05. The Hall–Kier alpha value is -2.02. The number of carbonyl (C=O) groups excluding carboxylic acids is 1. The molecule has 1 aliphatic rings. The van der Waals surface area contributed by atoms with Gasteiger partial charge in [-0.25, -0.2) is 14.8 Å². The maximum atomic E-state index is 11.6. The molecule has 0 unspecified atom stereocenters. The van der Waals surface area contributed by atoms with Gasteiger partial charge in [0.25, 0.3) is 0 Å². The van der Waals surface area contributed by atoms with E-state index in [1.54, 1.807) is 24.1 Å². The number of guanidine groups is 1. The van der Waals surface area contributed by atoms with E-state index in [9.17, 15) is 4.79 Å². The van der Waals surface area contributed by atoms with Crippen LogP contribution in [0.3, 0.4) is 0 Å². The van der Waals surface area contributed by atoms with Crippen molar-refractivity contribution in [3.05, 3.63) is 29.0 Å². The molecule has 0 bridgehead atoms. The summed E-state index contributed by atoms with van der Waals surface area (Å²) in [6.45, 7) is 3.97. The maximum Gasteiger partial charge on any atom is 0.409 e. The largest absolute Gasteiger partial charge is 0.450 e. The van der Waals surface area contributed by atoms with Crippen LogP contribution in [0, 0.1) is 0 Å². The Morgan fingerprint density at radius 2 is 2.26 bits per heavy atom. The minimum Gasteiger partial charge on any atom is -0.450 e. The zero-order chi connectivity index (χ0) is 16.7. The predicted molar refractivity (Wildman–Crippen MR) is 89.3 cm³/mol. The summed E-state index contributed by atoms with van der Waals surface area (Å²) in [6, 6.07) is 3.80. The van der Waals surface area contributed by atoms with Crippen molar-refractivity contribution in [3.63, 3.8) is 0 Å². The highest BCUT2D eigenvalue weighted by atomic mass is 35.5. The number of ether oxygens (including phenoxy) is 1. The SMILES string of the molecule is CCOC(=O)N1CCC(NC(N)=NCc2ccc(Cl)nc2)CC1. The average molecular weight is 340 g/mol. The summed E-state index contributed by atoms with van der Waals surface area (Å²) in [7, 11) is 0. The fraction of sp³-hybridized carbons (Fsp3) is 0.533. The Bertz CT molecular complexity index is 541. The van der Waals surface area contributed by atoms with Gasteiger partial charge >= 0.3 is 6.09 Å². The van der Waals surface area contributed by atoms with Crippen LogP contribution in [-0.4, -0.2) is 47.7 Å².